The minimum absolute atomic E-state index is 0. The first-order chi connectivity index (χ1) is 1.73. The Morgan fingerprint density at radius 3 is 1.00 bits per heavy atom. The summed E-state index contributed by atoms with van der Waals surface area (Å²) in [5.74, 6) is 0. The standard InChI is InChI=1S/BO3.Ni/c2-1(3)4;/q-3;. The third-order valence-corrected chi connectivity index (χ3v) is 0. The van der Waals surface area contributed by atoms with E-state index < -0.39 is 7.32 Å². The van der Waals surface area contributed by atoms with Crippen molar-refractivity contribution in [3.8, 4) is 0 Å². The summed E-state index contributed by atoms with van der Waals surface area (Å²) in [6, 6.07) is 0. The fourth-order valence-corrected chi connectivity index (χ4v) is 0. The van der Waals surface area contributed by atoms with Crippen molar-refractivity contribution in [2.45, 2.75) is 0 Å². The summed E-state index contributed by atoms with van der Waals surface area (Å²) in [6.45, 7) is 0. The number of hydrogen-bond acceptors (Lipinski definition) is 3. The molecule has 5 heavy (non-hydrogen) atoms. The van der Waals surface area contributed by atoms with Crippen LogP contribution in [0, 0.1) is 0 Å². The molecule has 0 saturated carbocycles. The van der Waals surface area contributed by atoms with Gasteiger partial charge in [0.25, 0.3) is 0 Å². The Bertz CT molecular complexity index is 11.6. The Labute approximate surface area is 39.7 Å². The fraction of sp³-hybridized carbons (Fsp3) is 0. The topological polar surface area (TPSA) is 69.2 Å². The maximum Gasteiger partial charge on any atom is 0 e. The van der Waals surface area contributed by atoms with E-state index in [1.54, 1.807) is 0 Å². The van der Waals surface area contributed by atoms with Crippen molar-refractivity contribution in [1.29, 1.82) is 0 Å². The zero-order valence-electron chi connectivity index (χ0n) is 2.12. The van der Waals surface area contributed by atoms with Gasteiger partial charge in [0.05, 0.1) is 0 Å². The minimum atomic E-state index is -2.92. The predicted molar refractivity (Wildman–Crippen MR) is 5.75 cm³/mol. The first-order valence-electron chi connectivity index (χ1n) is 0.707. The predicted octanol–water partition coefficient (Wildman–Crippen LogP) is -3.95. The smallest absolute Gasteiger partial charge is 0 e. The first kappa shape index (κ1) is 9.06. The summed E-state index contributed by atoms with van der Waals surface area (Å²) in [5, 5.41) is 25.2. The third kappa shape index (κ3) is 137. The van der Waals surface area contributed by atoms with Gasteiger partial charge < -0.3 is 15.1 Å². The van der Waals surface area contributed by atoms with Crippen LogP contribution in [0.2, 0.25) is 0 Å². The van der Waals surface area contributed by atoms with Crippen LogP contribution in [0.15, 0.2) is 0 Å². The van der Waals surface area contributed by atoms with Crippen LogP contribution in [0.3, 0.4) is 0 Å². The SMILES string of the molecule is [Ni].[O-]B([O-])[O-]. The molecule has 0 amide bonds. The van der Waals surface area contributed by atoms with Crippen molar-refractivity contribution in [3.63, 3.8) is 0 Å². The van der Waals surface area contributed by atoms with Gasteiger partial charge in [-0.15, -0.1) is 0 Å². The van der Waals surface area contributed by atoms with Gasteiger partial charge in [-0.1, -0.05) is 0 Å². The second-order valence-electron chi connectivity index (χ2n) is 0.289. The second-order valence-corrected chi connectivity index (χ2v) is 0.289. The summed E-state index contributed by atoms with van der Waals surface area (Å²) in [5.41, 5.74) is 0. The van der Waals surface area contributed by atoms with Crippen molar-refractivity contribution < 1.29 is 31.6 Å². The molecular weight excluding hydrogens is 118 g/mol. The molecule has 0 aliphatic heterocycles. The maximum absolute atomic E-state index is 8.42. The summed E-state index contributed by atoms with van der Waals surface area (Å²) in [7, 11) is -2.92. The molecule has 0 bridgehead atoms. The van der Waals surface area contributed by atoms with Gasteiger partial charge in [-0.25, -0.2) is 0 Å². The van der Waals surface area contributed by atoms with E-state index in [1.807, 2.05) is 0 Å². The Kier molecular flexibility index (Phi) is 8.04. The quantitative estimate of drug-likeness (QED) is 0.304. The molecule has 0 saturated heterocycles. The third-order valence-electron chi connectivity index (χ3n) is 0. The minimum Gasteiger partial charge on any atom is -0.907 e. The molecular formula is BNiO3-3. The molecule has 0 rings (SSSR count). The van der Waals surface area contributed by atoms with E-state index in [1.165, 1.54) is 0 Å². The summed E-state index contributed by atoms with van der Waals surface area (Å²) in [4.78, 5) is 0. The molecule has 0 aliphatic carbocycles. The molecule has 0 N–H and O–H groups in total. The average Bonchev–Trinajstić information content (AvgIpc) is 0.811. The summed E-state index contributed by atoms with van der Waals surface area (Å²) in [6.07, 6.45) is 0. The Balaban J connectivity index is 0. The van der Waals surface area contributed by atoms with Gasteiger partial charge in [0.1, 0.15) is 0 Å². The molecule has 0 aromatic heterocycles. The van der Waals surface area contributed by atoms with Crippen molar-refractivity contribution in [1.82, 2.24) is 0 Å². The molecule has 0 aromatic rings. The van der Waals surface area contributed by atoms with E-state index in [0.717, 1.165) is 0 Å². The van der Waals surface area contributed by atoms with Gasteiger partial charge in [0.2, 0.25) is 0 Å². The van der Waals surface area contributed by atoms with Gasteiger partial charge in [-0.2, -0.15) is 0 Å². The molecule has 3 nitrogen and oxygen atoms in total. The van der Waals surface area contributed by atoms with Crippen LogP contribution in [0.4, 0.5) is 0 Å². The van der Waals surface area contributed by atoms with Crippen molar-refractivity contribution >= 4 is 7.32 Å². The zero-order valence-corrected chi connectivity index (χ0v) is 3.11. The summed E-state index contributed by atoms with van der Waals surface area (Å²) >= 11 is 0. The Morgan fingerprint density at radius 2 is 1.00 bits per heavy atom. The normalized spacial score (nSPS) is 5.40. The molecule has 5 heteroatoms. The van der Waals surface area contributed by atoms with E-state index in [9.17, 15) is 0 Å². The van der Waals surface area contributed by atoms with E-state index in [4.69, 9.17) is 15.1 Å². The van der Waals surface area contributed by atoms with Gasteiger partial charge in [0.15, 0.2) is 0 Å². The van der Waals surface area contributed by atoms with Crippen LogP contribution in [-0.4, -0.2) is 7.32 Å². The fourth-order valence-electron chi connectivity index (χ4n) is 0. The Morgan fingerprint density at radius 1 is 1.00 bits per heavy atom. The maximum atomic E-state index is 8.42. The first-order valence-corrected chi connectivity index (χ1v) is 0.707. The Hall–Kier alpha value is 0.438. The molecule has 0 aliphatic rings. The number of rotatable bonds is 0. The van der Waals surface area contributed by atoms with E-state index >= 15 is 0 Å². The molecule has 0 aromatic carbocycles. The van der Waals surface area contributed by atoms with Crippen LogP contribution < -0.4 is 15.1 Å². The van der Waals surface area contributed by atoms with E-state index in [0.29, 0.717) is 0 Å². The van der Waals surface area contributed by atoms with E-state index in [-0.39, 0.29) is 16.5 Å². The van der Waals surface area contributed by atoms with Crippen molar-refractivity contribution in [2.75, 3.05) is 0 Å². The summed E-state index contributed by atoms with van der Waals surface area (Å²) < 4.78 is 0. The van der Waals surface area contributed by atoms with Crippen molar-refractivity contribution in [2.24, 2.45) is 0 Å². The molecule has 34 valence electrons. The average molecular weight is 118 g/mol. The second kappa shape index (κ2) is 4.44. The van der Waals surface area contributed by atoms with Crippen LogP contribution in [0.5, 0.6) is 0 Å². The van der Waals surface area contributed by atoms with Crippen LogP contribution >= 0.6 is 0 Å². The molecule has 0 fully saturated rings. The van der Waals surface area contributed by atoms with Gasteiger partial charge in [0, 0.05) is 16.5 Å². The molecule has 0 radical (unpaired) electrons. The van der Waals surface area contributed by atoms with Gasteiger partial charge >= 0.3 is 0 Å². The van der Waals surface area contributed by atoms with Gasteiger partial charge in [-0.05, 0) is 0 Å². The zero-order chi connectivity index (χ0) is 3.58. The largest absolute Gasteiger partial charge is 0.907 e. The van der Waals surface area contributed by atoms with Crippen molar-refractivity contribution in [3.05, 3.63) is 0 Å². The molecule has 0 atom stereocenters. The van der Waals surface area contributed by atoms with Crippen LogP contribution in [0.1, 0.15) is 0 Å². The molecule has 0 heterocycles. The van der Waals surface area contributed by atoms with E-state index in [2.05, 4.69) is 0 Å². The van der Waals surface area contributed by atoms with Crippen LogP contribution in [0.25, 0.3) is 0 Å². The van der Waals surface area contributed by atoms with Crippen LogP contribution in [-0.2, 0) is 16.5 Å². The van der Waals surface area contributed by atoms with Gasteiger partial charge in [-0.3, -0.25) is 7.32 Å². The molecule has 0 unspecified atom stereocenters. The monoisotopic (exact) mass is 117 g/mol. The molecule has 0 spiro atoms. The number of hydrogen-bond donors (Lipinski definition) is 0.